The summed E-state index contributed by atoms with van der Waals surface area (Å²) in [6, 6.07) is 13.3. The molecule has 1 N–H and O–H groups in total. The molecule has 0 bridgehead atoms. The molecule has 0 spiro atoms. The summed E-state index contributed by atoms with van der Waals surface area (Å²) >= 11 is 6.29. The normalized spacial score (nSPS) is 26.0. The van der Waals surface area contributed by atoms with E-state index >= 15 is 0 Å². The minimum Gasteiger partial charge on any atom is -0.496 e. The van der Waals surface area contributed by atoms with Crippen molar-refractivity contribution in [2.24, 2.45) is 0 Å². The van der Waals surface area contributed by atoms with Gasteiger partial charge in [0.25, 0.3) is 0 Å². The lowest BCUT2D eigenvalue weighted by molar-refractivity contribution is -0.570. The number of hydrogen-bond acceptors (Lipinski definition) is 5. The number of hydrogen-bond donors (Lipinski definition) is 1. The molecule has 2 aromatic carbocycles. The average Bonchev–Trinajstić information content (AvgIpc) is 2.58. The van der Waals surface area contributed by atoms with Crippen LogP contribution in [-0.2, 0) is 0 Å². The molecule has 3 rings (SSSR count). The molecule has 0 aromatic heterocycles. The number of aliphatic hydroxyl groups is 1. The lowest BCUT2D eigenvalue weighted by Gasteiger charge is -2.37. The SMILES string of the molecule is COc1ccccc1[C@@H]1Oc2ccccc2[C@H](O)[C@@]1(Cl)[N+](=O)[O-]. The summed E-state index contributed by atoms with van der Waals surface area (Å²) in [5.74, 6) is 0.755. The summed E-state index contributed by atoms with van der Waals surface area (Å²) in [5.41, 5.74) is 0.681. The lowest BCUT2D eigenvalue weighted by atomic mass is 9.89. The summed E-state index contributed by atoms with van der Waals surface area (Å²) in [4.78, 5) is 8.70. The number of halogens is 1. The molecule has 0 radical (unpaired) electrons. The first-order valence-electron chi connectivity index (χ1n) is 6.90. The van der Waals surface area contributed by atoms with Crippen molar-refractivity contribution in [3.63, 3.8) is 0 Å². The van der Waals surface area contributed by atoms with Crippen LogP contribution in [0.15, 0.2) is 48.5 Å². The fraction of sp³-hybridized carbons (Fsp3) is 0.250. The van der Waals surface area contributed by atoms with Crippen LogP contribution < -0.4 is 9.47 Å². The molecule has 1 aliphatic heterocycles. The number of methoxy groups -OCH3 is 1. The van der Waals surface area contributed by atoms with Gasteiger partial charge in [-0.25, -0.2) is 0 Å². The van der Waals surface area contributed by atoms with Gasteiger partial charge in [0.15, 0.2) is 6.10 Å². The van der Waals surface area contributed by atoms with E-state index < -0.39 is 22.1 Å². The molecule has 0 fully saturated rings. The number of fused-ring (bicyclic) bond motifs is 1. The maximum absolute atomic E-state index is 11.7. The summed E-state index contributed by atoms with van der Waals surface area (Å²) in [6.07, 6.45) is -2.74. The number of alkyl halides is 1. The van der Waals surface area contributed by atoms with Gasteiger partial charge in [0.05, 0.1) is 12.0 Å². The van der Waals surface area contributed by atoms with Crippen LogP contribution in [-0.4, -0.2) is 22.1 Å². The summed E-state index contributed by atoms with van der Waals surface area (Å²) < 4.78 is 11.0. The highest BCUT2D eigenvalue weighted by molar-refractivity contribution is 6.23. The van der Waals surface area contributed by atoms with Crippen molar-refractivity contribution >= 4 is 11.6 Å². The first kappa shape index (κ1) is 15.6. The number of nitro groups is 1. The molecule has 7 heteroatoms. The van der Waals surface area contributed by atoms with Gasteiger partial charge in [-0.2, -0.15) is 0 Å². The summed E-state index contributed by atoms with van der Waals surface area (Å²) in [7, 11) is 1.45. The molecule has 0 saturated carbocycles. The van der Waals surface area contributed by atoms with Crippen molar-refractivity contribution in [2.45, 2.75) is 17.2 Å². The molecular weight excluding hydrogens is 322 g/mol. The lowest BCUT2D eigenvalue weighted by Crippen LogP contribution is -2.49. The smallest absolute Gasteiger partial charge is 0.365 e. The van der Waals surface area contributed by atoms with Crippen molar-refractivity contribution in [2.75, 3.05) is 7.11 Å². The average molecular weight is 336 g/mol. The maximum Gasteiger partial charge on any atom is 0.365 e. The van der Waals surface area contributed by atoms with Gasteiger partial charge in [0.1, 0.15) is 11.5 Å². The van der Waals surface area contributed by atoms with Crippen LogP contribution in [0.2, 0.25) is 0 Å². The summed E-state index contributed by atoms with van der Waals surface area (Å²) in [6.45, 7) is 0. The Balaban J connectivity index is 2.20. The number of para-hydroxylation sites is 2. The first-order chi connectivity index (χ1) is 11.0. The van der Waals surface area contributed by atoms with Crippen LogP contribution in [0, 0.1) is 10.1 Å². The van der Waals surface area contributed by atoms with Crippen LogP contribution >= 0.6 is 11.6 Å². The van der Waals surface area contributed by atoms with Crippen molar-refractivity contribution < 1.29 is 19.5 Å². The van der Waals surface area contributed by atoms with E-state index in [0.717, 1.165) is 0 Å². The highest BCUT2D eigenvalue weighted by Crippen LogP contribution is 2.52. The molecule has 0 saturated heterocycles. The van der Waals surface area contributed by atoms with Gasteiger partial charge in [-0.05, 0) is 23.7 Å². The Morgan fingerprint density at radius 1 is 1.22 bits per heavy atom. The van der Waals surface area contributed by atoms with E-state index in [2.05, 4.69) is 0 Å². The van der Waals surface area contributed by atoms with E-state index in [-0.39, 0.29) is 5.56 Å². The quantitative estimate of drug-likeness (QED) is 0.403. The second-order valence-electron chi connectivity index (χ2n) is 5.16. The third-order valence-electron chi connectivity index (χ3n) is 3.91. The van der Waals surface area contributed by atoms with Crippen LogP contribution in [0.25, 0.3) is 0 Å². The van der Waals surface area contributed by atoms with Crippen LogP contribution in [0.4, 0.5) is 0 Å². The second-order valence-corrected chi connectivity index (χ2v) is 5.77. The third kappa shape index (κ3) is 2.31. The number of benzene rings is 2. The third-order valence-corrected chi connectivity index (χ3v) is 4.45. The topological polar surface area (TPSA) is 81.8 Å². The molecule has 0 unspecified atom stereocenters. The molecule has 23 heavy (non-hydrogen) atoms. The molecule has 1 aliphatic rings. The molecule has 1 heterocycles. The van der Waals surface area contributed by atoms with Gasteiger partial charge in [-0.1, -0.05) is 36.4 Å². The molecule has 2 aromatic rings. The van der Waals surface area contributed by atoms with Gasteiger partial charge in [0.2, 0.25) is 6.10 Å². The minimum atomic E-state index is -2.26. The Labute approximate surface area is 137 Å². The van der Waals surface area contributed by atoms with E-state index in [0.29, 0.717) is 17.1 Å². The van der Waals surface area contributed by atoms with Crippen LogP contribution in [0.3, 0.4) is 0 Å². The highest BCUT2D eigenvalue weighted by Gasteiger charge is 2.62. The number of aliphatic hydroxyl groups excluding tert-OH is 1. The van der Waals surface area contributed by atoms with E-state index in [1.807, 2.05) is 0 Å². The van der Waals surface area contributed by atoms with Gasteiger partial charge >= 0.3 is 5.00 Å². The molecule has 120 valence electrons. The number of ether oxygens (including phenoxy) is 2. The fourth-order valence-corrected chi connectivity index (χ4v) is 3.02. The zero-order valence-electron chi connectivity index (χ0n) is 12.2. The minimum absolute atomic E-state index is 0.283. The van der Waals surface area contributed by atoms with Gasteiger partial charge in [-0.3, -0.25) is 10.1 Å². The predicted octanol–water partition coefficient (Wildman–Crippen LogP) is 3.07. The molecule has 3 atom stereocenters. The van der Waals surface area contributed by atoms with Crippen molar-refractivity contribution in [1.29, 1.82) is 0 Å². The Kier molecular flexibility index (Phi) is 3.87. The summed E-state index contributed by atoms with van der Waals surface area (Å²) in [5, 5.41) is 22.2. The van der Waals surface area contributed by atoms with E-state index in [1.165, 1.54) is 7.11 Å². The number of nitrogens with zero attached hydrogens (tertiary/aromatic N) is 1. The van der Waals surface area contributed by atoms with Crippen LogP contribution in [0.1, 0.15) is 23.3 Å². The molecular formula is C16H14ClNO5. The van der Waals surface area contributed by atoms with Crippen molar-refractivity contribution in [3.05, 3.63) is 69.8 Å². The largest absolute Gasteiger partial charge is 0.496 e. The first-order valence-corrected chi connectivity index (χ1v) is 7.28. The molecule has 0 amide bonds. The Hall–Kier alpha value is -2.31. The zero-order valence-corrected chi connectivity index (χ0v) is 12.9. The van der Waals surface area contributed by atoms with Gasteiger partial charge in [-0.15, -0.1) is 0 Å². The number of rotatable bonds is 3. The molecule has 0 aliphatic carbocycles. The Morgan fingerprint density at radius 2 is 1.83 bits per heavy atom. The van der Waals surface area contributed by atoms with Crippen molar-refractivity contribution in [3.8, 4) is 11.5 Å². The zero-order chi connectivity index (χ0) is 16.6. The van der Waals surface area contributed by atoms with Crippen LogP contribution in [0.5, 0.6) is 11.5 Å². The maximum atomic E-state index is 11.7. The monoisotopic (exact) mass is 335 g/mol. The van der Waals surface area contributed by atoms with E-state index in [1.54, 1.807) is 48.5 Å². The Bertz CT molecular complexity index is 753. The predicted molar refractivity (Wildman–Crippen MR) is 83.3 cm³/mol. The van der Waals surface area contributed by atoms with Gasteiger partial charge in [0, 0.05) is 11.1 Å². The highest BCUT2D eigenvalue weighted by atomic mass is 35.5. The van der Waals surface area contributed by atoms with E-state index in [9.17, 15) is 15.2 Å². The fourth-order valence-electron chi connectivity index (χ4n) is 2.75. The standard InChI is InChI=1S/C16H14ClNO5/c1-22-12-8-4-3-7-11(12)15-16(17,18(20)21)14(19)10-6-2-5-9-13(10)23-15/h2-9,14-15,19H,1H3/t14-,15-,16+/m0/s1. The molecule has 6 nitrogen and oxygen atoms in total. The van der Waals surface area contributed by atoms with Crippen molar-refractivity contribution in [1.82, 2.24) is 0 Å². The Morgan fingerprint density at radius 3 is 2.48 bits per heavy atom. The van der Waals surface area contributed by atoms with Gasteiger partial charge < -0.3 is 14.6 Å². The van der Waals surface area contributed by atoms with E-state index in [4.69, 9.17) is 21.1 Å². The second kappa shape index (κ2) is 5.72.